The van der Waals surface area contributed by atoms with Crippen molar-refractivity contribution in [2.45, 2.75) is 32.4 Å². The van der Waals surface area contributed by atoms with Crippen LogP contribution in [-0.2, 0) is 4.74 Å². The van der Waals surface area contributed by atoms with E-state index in [2.05, 4.69) is 27.9 Å². The lowest BCUT2D eigenvalue weighted by Crippen LogP contribution is -2.35. The van der Waals surface area contributed by atoms with Crippen molar-refractivity contribution >= 4 is 28.7 Å². The van der Waals surface area contributed by atoms with Gasteiger partial charge >= 0.3 is 6.09 Å². The zero-order valence-corrected chi connectivity index (χ0v) is 15.4. The minimum atomic E-state index is -0.582. The van der Waals surface area contributed by atoms with Gasteiger partial charge in [-0.2, -0.15) is 0 Å². The summed E-state index contributed by atoms with van der Waals surface area (Å²) in [5.41, 5.74) is 1.15. The highest BCUT2D eigenvalue weighted by atomic mass is 127. The molecule has 0 radical (unpaired) electrons. The molecule has 3 nitrogen and oxygen atoms in total. The molecule has 0 saturated heterocycles. The molecule has 23 heavy (non-hydrogen) atoms. The molecule has 1 N–H and O–H groups in total. The number of hydrogen-bond acceptors (Lipinski definition) is 2. The third-order valence-electron chi connectivity index (χ3n) is 3.08. The van der Waals surface area contributed by atoms with Crippen LogP contribution < -0.4 is 5.32 Å². The lowest BCUT2D eigenvalue weighted by atomic mass is 9.99. The monoisotopic (exact) mass is 427 g/mol. The van der Waals surface area contributed by atoms with Crippen LogP contribution in [0.2, 0.25) is 0 Å². The van der Waals surface area contributed by atoms with Crippen LogP contribution >= 0.6 is 22.6 Å². The normalized spacial score (nSPS) is 12.6. The first-order valence-corrected chi connectivity index (χ1v) is 8.33. The molecule has 0 aliphatic heterocycles. The number of carbonyl (C=O) groups is 1. The molecule has 2 aromatic rings. The highest BCUT2D eigenvalue weighted by Gasteiger charge is 2.23. The van der Waals surface area contributed by atoms with E-state index in [9.17, 15) is 9.18 Å². The molecule has 0 aliphatic carbocycles. The third-order valence-corrected chi connectivity index (χ3v) is 4.06. The summed E-state index contributed by atoms with van der Waals surface area (Å²) in [4.78, 5) is 12.2. The van der Waals surface area contributed by atoms with Gasteiger partial charge < -0.3 is 10.1 Å². The summed E-state index contributed by atoms with van der Waals surface area (Å²) in [6.07, 6.45) is -0.508. The first-order chi connectivity index (χ1) is 10.8. The average molecular weight is 427 g/mol. The van der Waals surface area contributed by atoms with Gasteiger partial charge in [-0.1, -0.05) is 30.3 Å². The first kappa shape index (κ1) is 17.7. The van der Waals surface area contributed by atoms with Gasteiger partial charge in [0.25, 0.3) is 0 Å². The van der Waals surface area contributed by atoms with Gasteiger partial charge in [0.1, 0.15) is 11.4 Å². The number of rotatable bonds is 3. The smallest absolute Gasteiger partial charge is 0.408 e. The Hall–Kier alpha value is -1.63. The molecule has 2 rings (SSSR count). The second kappa shape index (κ2) is 7.29. The molecule has 1 atom stereocenters. The first-order valence-electron chi connectivity index (χ1n) is 7.26. The minimum Gasteiger partial charge on any atom is -0.444 e. The summed E-state index contributed by atoms with van der Waals surface area (Å²) >= 11 is 2.22. The van der Waals surface area contributed by atoms with Gasteiger partial charge in [-0.3, -0.25) is 0 Å². The molecule has 0 saturated carbocycles. The van der Waals surface area contributed by atoms with Gasteiger partial charge in [0.2, 0.25) is 0 Å². The molecule has 1 amide bonds. The molecule has 0 fully saturated rings. The fourth-order valence-electron chi connectivity index (χ4n) is 2.13. The Balaban J connectivity index is 2.34. The van der Waals surface area contributed by atoms with E-state index in [1.165, 1.54) is 12.1 Å². The second-order valence-corrected chi connectivity index (χ2v) is 7.31. The molecule has 2 aromatic carbocycles. The summed E-state index contributed by atoms with van der Waals surface area (Å²) in [7, 11) is 0. The van der Waals surface area contributed by atoms with E-state index >= 15 is 0 Å². The van der Waals surface area contributed by atoms with Crippen LogP contribution in [0.4, 0.5) is 9.18 Å². The largest absolute Gasteiger partial charge is 0.444 e. The summed E-state index contributed by atoms with van der Waals surface area (Å²) in [5, 5.41) is 2.88. The van der Waals surface area contributed by atoms with E-state index in [0.717, 1.165) is 14.7 Å². The van der Waals surface area contributed by atoms with Gasteiger partial charge in [-0.25, -0.2) is 9.18 Å². The highest BCUT2D eigenvalue weighted by Crippen LogP contribution is 2.27. The molecule has 0 bridgehead atoms. The van der Waals surface area contributed by atoms with E-state index in [0.29, 0.717) is 0 Å². The van der Waals surface area contributed by atoms with E-state index in [1.807, 2.05) is 45.0 Å². The average Bonchev–Trinajstić information content (AvgIpc) is 2.45. The molecule has 5 heteroatoms. The summed E-state index contributed by atoms with van der Waals surface area (Å²) in [6.45, 7) is 5.43. The van der Waals surface area contributed by atoms with Crippen LogP contribution in [0.25, 0.3) is 0 Å². The van der Waals surface area contributed by atoms with Gasteiger partial charge in [0, 0.05) is 3.57 Å². The molecular formula is C18H19FINO2. The van der Waals surface area contributed by atoms with Crippen molar-refractivity contribution in [2.75, 3.05) is 0 Å². The molecule has 0 aromatic heterocycles. The van der Waals surface area contributed by atoms with Crippen molar-refractivity contribution in [3.8, 4) is 0 Å². The van der Waals surface area contributed by atoms with E-state index in [-0.39, 0.29) is 5.82 Å². The third kappa shape index (κ3) is 5.20. The lowest BCUT2D eigenvalue weighted by Gasteiger charge is -2.25. The Bertz CT molecular complexity index is 680. The van der Waals surface area contributed by atoms with Crippen LogP contribution in [0.3, 0.4) is 0 Å². The maximum absolute atomic E-state index is 13.2. The Morgan fingerprint density at radius 2 is 1.74 bits per heavy atom. The standard InChI is InChI=1S/C18H19FINO2/c1-18(2,3)23-17(22)21-16(12-8-10-13(19)11-9-12)14-6-4-5-7-15(14)20/h4-11,16H,1-3H3,(H,21,22). The topological polar surface area (TPSA) is 38.3 Å². The molecule has 0 aliphatic rings. The Morgan fingerprint density at radius 1 is 1.13 bits per heavy atom. The van der Waals surface area contributed by atoms with Gasteiger partial charge in [0.05, 0.1) is 6.04 Å². The molecule has 0 heterocycles. The molecule has 1 unspecified atom stereocenters. The van der Waals surface area contributed by atoms with Crippen molar-refractivity contribution in [3.63, 3.8) is 0 Å². The van der Waals surface area contributed by atoms with Crippen LogP contribution in [-0.4, -0.2) is 11.7 Å². The maximum Gasteiger partial charge on any atom is 0.408 e. The number of alkyl carbamates (subject to hydrolysis) is 1. The molecule has 0 spiro atoms. The SMILES string of the molecule is CC(C)(C)OC(=O)NC(c1ccc(F)cc1)c1ccccc1I. The Kier molecular flexibility index (Phi) is 5.62. The van der Waals surface area contributed by atoms with Crippen molar-refractivity contribution in [2.24, 2.45) is 0 Å². The summed E-state index contributed by atoms with van der Waals surface area (Å²) in [5.74, 6) is -0.312. The lowest BCUT2D eigenvalue weighted by molar-refractivity contribution is 0.0512. The van der Waals surface area contributed by atoms with Crippen LogP contribution in [0, 0.1) is 9.39 Å². The number of nitrogens with one attached hydrogen (secondary N) is 1. The van der Waals surface area contributed by atoms with Crippen LogP contribution in [0.5, 0.6) is 0 Å². The van der Waals surface area contributed by atoms with Crippen molar-refractivity contribution in [1.82, 2.24) is 5.32 Å². The predicted molar refractivity (Wildman–Crippen MR) is 96.8 cm³/mol. The van der Waals surface area contributed by atoms with Gasteiger partial charge in [-0.15, -0.1) is 0 Å². The number of amides is 1. The van der Waals surface area contributed by atoms with Crippen molar-refractivity contribution < 1.29 is 13.9 Å². The quantitative estimate of drug-likeness (QED) is 0.697. The zero-order chi connectivity index (χ0) is 17.0. The van der Waals surface area contributed by atoms with Gasteiger partial charge in [0.15, 0.2) is 0 Å². The van der Waals surface area contributed by atoms with E-state index in [1.54, 1.807) is 12.1 Å². The number of halogens is 2. The molecular weight excluding hydrogens is 408 g/mol. The number of benzene rings is 2. The Morgan fingerprint density at radius 3 is 2.30 bits per heavy atom. The maximum atomic E-state index is 13.2. The summed E-state index contributed by atoms with van der Waals surface area (Å²) < 4.78 is 19.6. The minimum absolute atomic E-state index is 0.312. The van der Waals surface area contributed by atoms with Crippen molar-refractivity contribution in [3.05, 3.63) is 69.0 Å². The second-order valence-electron chi connectivity index (χ2n) is 6.15. The Labute approximate surface area is 149 Å². The number of hydrogen-bond donors (Lipinski definition) is 1. The summed E-state index contributed by atoms with van der Waals surface area (Å²) in [6, 6.07) is 13.4. The fourth-order valence-corrected chi connectivity index (χ4v) is 2.83. The molecule has 122 valence electrons. The predicted octanol–water partition coefficient (Wildman–Crippen LogP) is 5.04. The highest BCUT2D eigenvalue weighted by molar-refractivity contribution is 14.1. The van der Waals surface area contributed by atoms with E-state index < -0.39 is 17.7 Å². The van der Waals surface area contributed by atoms with Crippen molar-refractivity contribution in [1.29, 1.82) is 0 Å². The van der Waals surface area contributed by atoms with Crippen LogP contribution in [0.1, 0.15) is 37.9 Å². The van der Waals surface area contributed by atoms with Crippen LogP contribution in [0.15, 0.2) is 48.5 Å². The zero-order valence-electron chi connectivity index (χ0n) is 13.3. The number of ether oxygens (including phenoxy) is 1. The van der Waals surface area contributed by atoms with E-state index in [4.69, 9.17) is 4.74 Å². The van der Waals surface area contributed by atoms with Gasteiger partial charge in [-0.05, 0) is 72.7 Å². The fraction of sp³-hybridized carbons (Fsp3) is 0.278. The number of carbonyl (C=O) groups excluding carboxylic acids is 1.